The maximum atomic E-state index is 13.7. The van der Waals surface area contributed by atoms with Gasteiger partial charge in [-0.2, -0.15) is 4.31 Å². The Kier molecular flexibility index (Phi) is 14.9. The Morgan fingerprint density at radius 3 is 2.38 bits per heavy atom. The number of amides is 1. The molecule has 1 amide bonds. The Bertz CT molecular complexity index is 1400. The molecule has 0 atom stereocenters. The van der Waals surface area contributed by atoms with Gasteiger partial charge in [0.15, 0.2) is 0 Å². The van der Waals surface area contributed by atoms with E-state index in [9.17, 15) is 27.8 Å². The number of nitrogens with zero attached hydrogens (tertiary/aromatic N) is 2. The molecule has 0 heterocycles. The molecule has 0 spiro atoms. The average molecular weight is 619 g/mol. The Balaban J connectivity index is 2.31. The molecule has 0 saturated heterocycles. The van der Waals surface area contributed by atoms with E-state index < -0.39 is 22.5 Å². The molecule has 0 fully saturated rings. The van der Waals surface area contributed by atoms with Crippen LogP contribution < -0.4 is 0 Å². The van der Waals surface area contributed by atoms with Crippen LogP contribution in [0.4, 0.5) is 4.39 Å². The highest BCUT2D eigenvalue weighted by Gasteiger charge is 2.27. The second-order valence-electron chi connectivity index (χ2n) is 9.71. The molecule has 0 aliphatic rings. The zero-order valence-corrected chi connectivity index (χ0v) is 25.9. The molecule has 0 aliphatic carbocycles. The van der Waals surface area contributed by atoms with E-state index in [2.05, 4.69) is 0 Å². The first-order valence-electron chi connectivity index (χ1n) is 13.7. The lowest BCUT2D eigenvalue weighted by Crippen LogP contribution is -2.34. The van der Waals surface area contributed by atoms with E-state index in [0.717, 1.165) is 5.56 Å². The smallest absolute Gasteiger partial charge is 0.253 e. The van der Waals surface area contributed by atoms with Gasteiger partial charge in [-0.25, -0.2) is 12.8 Å². The first kappa shape index (κ1) is 35.1. The number of carbonyl (C=O) groups is 1. The van der Waals surface area contributed by atoms with E-state index in [1.54, 1.807) is 30.1 Å². The monoisotopic (exact) mass is 618 g/mol. The van der Waals surface area contributed by atoms with Crippen LogP contribution in [0.2, 0.25) is 5.02 Å². The third-order valence-electron chi connectivity index (χ3n) is 6.23. The Labute approximate surface area is 254 Å². The van der Waals surface area contributed by atoms with Crippen LogP contribution in [0, 0.1) is 0 Å². The third kappa shape index (κ3) is 11.0. The van der Waals surface area contributed by atoms with Gasteiger partial charge >= 0.3 is 0 Å². The van der Waals surface area contributed by atoms with Crippen LogP contribution in [-0.4, -0.2) is 60.0 Å². The van der Waals surface area contributed by atoms with Crippen LogP contribution in [0.25, 0.3) is 0 Å². The number of sulfonamides is 1. The van der Waals surface area contributed by atoms with Crippen molar-refractivity contribution in [1.29, 1.82) is 0 Å². The number of aliphatic hydroxyl groups is 2. The molecule has 0 aromatic heterocycles. The molecule has 0 radical (unpaired) electrons. The van der Waals surface area contributed by atoms with Gasteiger partial charge in [-0.1, -0.05) is 84.8 Å². The van der Waals surface area contributed by atoms with Crippen molar-refractivity contribution in [2.45, 2.75) is 51.7 Å². The summed E-state index contributed by atoms with van der Waals surface area (Å²) >= 11 is 6.10. The minimum Gasteiger partial charge on any atom is -0.395 e. The van der Waals surface area contributed by atoms with Crippen molar-refractivity contribution in [3.05, 3.63) is 112 Å². The number of halogens is 2. The molecule has 0 saturated carbocycles. The molecule has 2 aromatic carbocycles. The second-order valence-corrected chi connectivity index (χ2v) is 12.1. The van der Waals surface area contributed by atoms with E-state index in [4.69, 9.17) is 11.6 Å². The maximum Gasteiger partial charge on any atom is 0.253 e. The van der Waals surface area contributed by atoms with Gasteiger partial charge in [-0.05, 0) is 56.0 Å². The number of carbonyl (C=O) groups excluding carboxylic acids is 1. The number of hydrogen-bond acceptors (Lipinski definition) is 5. The van der Waals surface area contributed by atoms with Crippen LogP contribution in [0.15, 0.2) is 101 Å². The van der Waals surface area contributed by atoms with Crippen molar-refractivity contribution in [3.8, 4) is 0 Å². The summed E-state index contributed by atoms with van der Waals surface area (Å²) in [6.07, 6.45) is 8.85. The molecule has 2 rings (SSSR count). The third-order valence-corrected chi connectivity index (χ3v) is 8.39. The first-order chi connectivity index (χ1) is 20.0. The predicted molar refractivity (Wildman–Crippen MR) is 166 cm³/mol. The van der Waals surface area contributed by atoms with E-state index in [1.165, 1.54) is 41.6 Å². The van der Waals surface area contributed by atoms with Crippen LogP contribution in [0.3, 0.4) is 0 Å². The van der Waals surface area contributed by atoms with Crippen molar-refractivity contribution in [2.75, 3.05) is 26.2 Å². The quantitative estimate of drug-likeness (QED) is 0.179. The van der Waals surface area contributed by atoms with Crippen molar-refractivity contribution < 1.29 is 27.8 Å². The van der Waals surface area contributed by atoms with Crippen LogP contribution in [0.5, 0.6) is 0 Å². The normalized spacial score (nSPS) is 13.3. The van der Waals surface area contributed by atoms with E-state index >= 15 is 0 Å². The summed E-state index contributed by atoms with van der Waals surface area (Å²) in [5.41, 5.74) is 2.19. The second kappa shape index (κ2) is 17.8. The van der Waals surface area contributed by atoms with Gasteiger partial charge in [-0.15, -0.1) is 0 Å². The fourth-order valence-corrected chi connectivity index (χ4v) is 6.12. The van der Waals surface area contributed by atoms with E-state index in [-0.39, 0.29) is 54.1 Å². The maximum absolute atomic E-state index is 13.7. The Morgan fingerprint density at radius 2 is 1.76 bits per heavy atom. The van der Waals surface area contributed by atoms with Crippen LogP contribution in [-0.2, 0) is 28.0 Å². The molecule has 42 heavy (non-hydrogen) atoms. The van der Waals surface area contributed by atoms with Crippen molar-refractivity contribution in [3.63, 3.8) is 0 Å². The molecule has 2 N–H and O–H groups in total. The molecular weight excluding hydrogens is 579 g/mol. The fourth-order valence-electron chi connectivity index (χ4n) is 4.15. The van der Waals surface area contributed by atoms with Gasteiger partial charge < -0.3 is 15.1 Å². The molecule has 2 aromatic rings. The average Bonchev–Trinajstić information content (AvgIpc) is 2.96. The molecule has 7 nitrogen and oxygen atoms in total. The van der Waals surface area contributed by atoms with Crippen molar-refractivity contribution in [1.82, 2.24) is 9.21 Å². The topological polar surface area (TPSA) is 98.2 Å². The van der Waals surface area contributed by atoms with Crippen LogP contribution in [0.1, 0.15) is 44.7 Å². The van der Waals surface area contributed by atoms with E-state index in [1.807, 2.05) is 37.3 Å². The lowest BCUT2D eigenvalue weighted by atomic mass is 10.1. The highest BCUT2D eigenvalue weighted by molar-refractivity contribution is 7.89. The van der Waals surface area contributed by atoms with Gasteiger partial charge in [0, 0.05) is 36.8 Å². The lowest BCUT2D eigenvalue weighted by molar-refractivity contribution is -0.127. The van der Waals surface area contributed by atoms with E-state index in [0.29, 0.717) is 24.1 Å². The fraction of sp³-hybridized carbons (Fsp3) is 0.344. The number of aliphatic hydroxyl groups excluding tert-OH is 2. The number of allylic oxidation sites excluding steroid dienone is 4. The molecule has 10 heteroatoms. The summed E-state index contributed by atoms with van der Waals surface area (Å²) in [4.78, 5) is 14.9. The molecule has 0 bridgehead atoms. The van der Waals surface area contributed by atoms with Crippen molar-refractivity contribution in [2.24, 2.45) is 0 Å². The zero-order chi connectivity index (χ0) is 31.1. The molecule has 228 valence electrons. The summed E-state index contributed by atoms with van der Waals surface area (Å²) in [6.45, 7) is 4.78. The molecule has 0 aliphatic heterocycles. The summed E-state index contributed by atoms with van der Waals surface area (Å²) in [7, 11) is -4.10. The number of hydrogen-bond donors (Lipinski definition) is 2. The highest BCUT2D eigenvalue weighted by atomic mass is 35.5. The minimum atomic E-state index is -4.10. The summed E-state index contributed by atoms with van der Waals surface area (Å²) in [6, 6.07) is 13.8. The summed E-state index contributed by atoms with van der Waals surface area (Å²) in [5.74, 6) is -0.652. The summed E-state index contributed by atoms with van der Waals surface area (Å²) in [5, 5.41) is 19.6. The van der Waals surface area contributed by atoms with Gasteiger partial charge in [0.1, 0.15) is 0 Å². The molecular formula is C32H40ClFN2O5S. The van der Waals surface area contributed by atoms with Crippen LogP contribution >= 0.6 is 11.6 Å². The van der Waals surface area contributed by atoms with Gasteiger partial charge in [0.05, 0.1) is 23.9 Å². The van der Waals surface area contributed by atoms with Gasteiger partial charge in [0.2, 0.25) is 10.0 Å². The standard InChI is InChI=1S/C32H40ClFN2O5S/c1-4-10-28(32(39)35(19-20-37)23-27-11-6-5-7-12-27)13-8-9-18-36(22-25(2)14-15-26(3)34)42(40,41)31-21-30(33)17-16-29(31)24-38/h5-8,10-17,21,37-38H,4,9,18-20,22-24H2,1-3H3/b13-8-,25-14+,26-15+,28-10+. The SMILES string of the molecule is CC/C=C(\C=C/CCN(C/C(C)=C/C=C(\C)F)S(=O)(=O)c1cc(Cl)ccc1CO)C(=O)N(CCO)Cc1ccccc1. The Morgan fingerprint density at radius 1 is 1.05 bits per heavy atom. The zero-order valence-electron chi connectivity index (χ0n) is 24.3. The van der Waals surface area contributed by atoms with Crippen molar-refractivity contribution >= 4 is 27.5 Å². The highest BCUT2D eigenvalue weighted by Crippen LogP contribution is 2.25. The largest absolute Gasteiger partial charge is 0.395 e. The lowest BCUT2D eigenvalue weighted by Gasteiger charge is -2.24. The first-order valence-corrected chi connectivity index (χ1v) is 15.5. The van der Waals surface area contributed by atoms with Gasteiger partial charge in [0.25, 0.3) is 5.91 Å². The predicted octanol–water partition coefficient (Wildman–Crippen LogP) is 5.95. The Hall–Kier alpha value is -3.08. The number of rotatable bonds is 16. The summed E-state index contributed by atoms with van der Waals surface area (Å²) < 4.78 is 42.0. The minimum absolute atomic E-state index is 0.0186. The van der Waals surface area contributed by atoms with Gasteiger partial charge in [-0.3, -0.25) is 4.79 Å². The molecule has 0 unspecified atom stereocenters. The number of benzene rings is 2.